The van der Waals surface area contributed by atoms with Crippen LogP contribution in [0.4, 0.5) is 10.8 Å². The predicted octanol–water partition coefficient (Wildman–Crippen LogP) is 4.47. The molecule has 2 unspecified atom stereocenters. The summed E-state index contributed by atoms with van der Waals surface area (Å²) >= 11 is 1.31. The molecule has 4 rings (SSSR count). The van der Waals surface area contributed by atoms with Crippen LogP contribution in [-0.2, 0) is 4.79 Å². The summed E-state index contributed by atoms with van der Waals surface area (Å²) < 4.78 is 0.822. The highest BCUT2D eigenvalue weighted by molar-refractivity contribution is 7.22. The third-order valence-corrected chi connectivity index (χ3v) is 6.39. The zero-order chi connectivity index (χ0) is 24.2. The Morgan fingerprint density at radius 1 is 0.971 bits per heavy atom. The Kier molecular flexibility index (Phi) is 6.90. The summed E-state index contributed by atoms with van der Waals surface area (Å²) in [5, 5.41) is 17.0. The first kappa shape index (κ1) is 23.4. The Labute approximate surface area is 201 Å². The number of carbonyl (C=O) groups is 2. The van der Waals surface area contributed by atoms with Crippen molar-refractivity contribution in [1.82, 2.24) is 10.3 Å². The van der Waals surface area contributed by atoms with Crippen molar-refractivity contribution >= 4 is 44.2 Å². The summed E-state index contributed by atoms with van der Waals surface area (Å²) in [6.45, 7) is 4.16. The van der Waals surface area contributed by atoms with Gasteiger partial charge in [0.05, 0.1) is 16.3 Å². The molecule has 0 aliphatic heterocycles. The van der Waals surface area contributed by atoms with Gasteiger partial charge in [-0.25, -0.2) is 4.98 Å². The molecule has 0 spiro atoms. The van der Waals surface area contributed by atoms with Crippen LogP contribution in [0.15, 0.2) is 72.8 Å². The highest BCUT2D eigenvalue weighted by Gasteiger charge is 2.29. The lowest BCUT2D eigenvalue weighted by Gasteiger charge is -2.24. The summed E-state index contributed by atoms with van der Waals surface area (Å²) in [6, 6.07) is 20.5. The van der Waals surface area contributed by atoms with E-state index in [1.165, 1.54) is 11.3 Å². The lowest BCUT2D eigenvalue weighted by molar-refractivity contribution is -0.125. The number of aliphatic hydroxyl groups excluding tert-OH is 1. The molecule has 0 saturated heterocycles. The maximum absolute atomic E-state index is 13.0. The first-order valence-electron chi connectivity index (χ1n) is 10.9. The largest absolute Gasteiger partial charge is 0.381 e. The molecule has 3 aromatic carbocycles. The van der Waals surface area contributed by atoms with Crippen molar-refractivity contribution in [1.29, 1.82) is 0 Å². The molecule has 0 aliphatic rings. The number of fused-ring (bicyclic) bond motifs is 1. The zero-order valence-electron chi connectivity index (χ0n) is 18.9. The van der Waals surface area contributed by atoms with E-state index < -0.39 is 18.1 Å². The fourth-order valence-electron chi connectivity index (χ4n) is 3.64. The van der Waals surface area contributed by atoms with Crippen LogP contribution in [0.3, 0.4) is 0 Å². The van der Waals surface area contributed by atoms with Gasteiger partial charge < -0.3 is 21.5 Å². The summed E-state index contributed by atoms with van der Waals surface area (Å²) in [5.41, 5.74) is 9.17. The fourth-order valence-corrected chi connectivity index (χ4v) is 4.41. The van der Waals surface area contributed by atoms with Gasteiger partial charge in [-0.05, 0) is 47.4 Å². The van der Waals surface area contributed by atoms with Crippen molar-refractivity contribution in [2.45, 2.75) is 31.9 Å². The van der Waals surface area contributed by atoms with Crippen molar-refractivity contribution in [2.24, 2.45) is 0 Å². The molecule has 1 aromatic heterocycles. The van der Waals surface area contributed by atoms with Crippen LogP contribution in [0.5, 0.6) is 0 Å². The lowest BCUT2D eigenvalue weighted by Crippen LogP contribution is -2.42. The number of nitrogens with one attached hydrogen (secondary N) is 2. The molecular formula is C26H26N4O3S. The molecule has 34 heavy (non-hydrogen) atoms. The number of aromatic nitrogens is 1. The molecule has 174 valence electrons. The number of nitrogens with zero attached hydrogens (tertiary/aromatic N) is 1. The van der Waals surface area contributed by atoms with Crippen molar-refractivity contribution in [3.63, 3.8) is 0 Å². The Bertz CT molecular complexity index is 1300. The molecule has 0 aliphatic carbocycles. The van der Waals surface area contributed by atoms with E-state index in [9.17, 15) is 14.7 Å². The van der Waals surface area contributed by atoms with E-state index in [0.29, 0.717) is 27.9 Å². The first-order chi connectivity index (χ1) is 16.3. The standard InChI is InChI=1S/C26H26N4O3S/c1-15(2)16-8-10-18(11-9-16)24(32)30-22(17-6-4-3-5-7-17)23(31)25(33)28-19-12-13-20-21(14-19)34-26(27)29-20/h3-15,22-23,31H,1-2H3,(H2,27,29)(H,28,33)(H,30,32). The number of aliphatic hydroxyl groups is 1. The van der Waals surface area contributed by atoms with E-state index in [1.54, 1.807) is 54.6 Å². The van der Waals surface area contributed by atoms with Gasteiger partial charge in [-0.1, -0.05) is 67.6 Å². The van der Waals surface area contributed by atoms with E-state index in [1.807, 2.05) is 18.2 Å². The Balaban J connectivity index is 1.54. The van der Waals surface area contributed by atoms with Gasteiger partial charge in [-0.2, -0.15) is 0 Å². The van der Waals surface area contributed by atoms with Crippen LogP contribution in [0.25, 0.3) is 10.2 Å². The quantitative estimate of drug-likeness (QED) is 0.315. The Morgan fingerprint density at radius 2 is 1.68 bits per heavy atom. The van der Waals surface area contributed by atoms with Crippen LogP contribution in [0, 0.1) is 0 Å². The number of nitrogen functional groups attached to an aromatic ring is 1. The van der Waals surface area contributed by atoms with Crippen LogP contribution >= 0.6 is 11.3 Å². The van der Waals surface area contributed by atoms with E-state index >= 15 is 0 Å². The van der Waals surface area contributed by atoms with Crippen molar-refractivity contribution in [3.8, 4) is 0 Å². The molecule has 2 atom stereocenters. The second kappa shape index (κ2) is 10.0. The zero-order valence-corrected chi connectivity index (χ0v) is 19.7. The summed E-state index contributed by atoms with van der Waals surface area (Å²) in [6.07, 6.45) is -1.52. The van der Waals surface area contributed by atoms with Gasteiger partial charge in [-0.3, -0.25) is 9.59 Å². The maximum atomic E-state index is 13.0. The predicted molar refractivity (Wildman–Crippen MR) is 136 cm³/mol. The smallest absolute Gasteiger partial charge is 0.255 e. The summed E-state index contributed by atoms with van der Waals surface area (Å²) in [7, 11) is 0. The molecule has 5 N–H and O–H groups in total. The minimum absolute atomic E-state index is 0.348. The van der Waals surface area contributed by atoms with E-state index in [4.69, 9.17) is 5.73 Å². The molecule has 7 nitrogen and oxygen atoms in total. The second-order valence-electron chi connectivity index (χ2n) is 8.31. The highest BCUT2D eigenvalue weighted by Crippen LogP contribution is 2.27. The van der Waals surface area contributed by atoms with Gasteiger partial charge in [-0.15, -0.1) is 0 Å². The monoisotopic (exact) mass is 474 g/mol. The molecule has 1 heterocycles. The number of hydrogen-bond acceptors (Lipinski definition) is 6. The Hall–Kier alpha value is -3.75. The highest BCUT2D eigenvalue weighted by atomic mass is 32.1. The summed E-state index contributed by atoms with van der Waals surface area (Å²) in [4.78, 5) is 30.1. The second-order valence-corrected chi connectivity index (χ2v) is 9.37. The number of hydrogen-bond donors (Lipinski definition) is 4. The van der Waals surface area contributed by atoms with E-state index in [0.717, 1.165) is 15.8 Å². The van der Waals surface area contributed by atoms with E-state index in [-0.39, 0.29) is 5.91 Å². The van der Waals surface area contributed by atoms with Gasteiger partial charge in [0, 0.05) is 11.3 Å². The number of thiazole rings is 1. The third-order valence-electron chi connectivity index (χ3n) is 5.54. The minimum Gasteiger partial charge on any atom is -0.381 e. The number of nitrogens with two attached hydrogens (primary N) is 1. The van der Waals surface area contributed by atoms with Crippen LogP contribution in [-0.4, -0.2) is 28.0 Å². The molecular weight excluding hydrogens is 448 g/mol. The third kappa shape index (κ3) is 5.24. The molecule has 0 radical (unpaired) electrons. The van der Waals surface area contributed by atoms with Crippen LogP contribution < -0.4 is 16.4 Å². The number of benzene rings is 3. The van der Waals surface area contributed by atoms with E-state index in [2.05, 4.69) is 29.5 Å². The molecule has 0 saturated carbocycles. The van der Waals surface area contributed by atoms with Crippen molar-refractivity contribution in [3.05, 3.63) is 89.5 Å². The first-order valence-corrected chi connectivity index (χ1v) is 11.7. The van der Waals surface area contributed by atoms with Crippen molar-refractivity contribution < 1.29 is 14.7 Å². The normalized spacial score (nSPS) is 12.9. The topological polar surface area (TPSA) is 117 Å². The van der Waals surface area contributed by atoms with Gasteiger partial charge in [0.2, 0.25) is 0 Å². The van der Waals surface area contributed by atoms with Gasteiger partial charge >= 0.3 is 0 Å². The maximum Gasteiger partial charge on any atom is 0.255 e. The fraction of sp³-hybridized carbons (Fsp3) is 0.192. The van der Waals surface area contributed by atoms with Crippen molar-refractivity contribution in [2.75, 3.05) is 11.1 Å². The van der Waals surface area contributed by atoms with Gasteiger partial charge in [0.25, 0.3) is 11.8 Å². The van der Waals surface area contributed by atoms with Crippen LogP contribution in [0.1, 0.15) is 47.3 Å². The average molecular weight is 475 g/mol. The number of amides is 2. The lowest BCUT2D eigenvalue weighted by atomic mass is 9.99. The number of anilines is 2. The van der Waals surface area contributed by atoms with Crippen LogP contribution in [0.2, 0.25) is 0 Å². The summed E-state index contributed by atoms with van der Waals surface area (Å²) in [5.74, 6) is -0.668. The number of rotatable bonds is 7. The average Bonchev–Trinajstić information content (AvgIpc) is 3.21. The minimum atomic E-state index is -1.52. The number of carbonyl (C=O) groups excluding carboxylic acids is 2. The van der Waals surface area contributed by atoms with Gasteiger partial charge in [0.1, 0.15) is 0 Å². The molecule has 8 heteroatoms. The SMILES string of the molecule is CC(C)c1ccc(C(=O)NC(c2ccccc2)C(O)C(=O)Nc2ccc3nc(N)sc3c2)cc1. The molecule has 0 fully saturated rings. The molecule has 0 bridgehead atoms. The van der Waals surface area contributed by atoms with Gasteiger partial charge in [0.15, 0.2) is 11.2 Å². The Morgan fingerprint density at radius 3 is 2.35 bits per heavy atom. The molecule has 2 amide bonds. The molecule has 4 aromatic rings.